The molecular formula is C26H25N5OS. The summed E-state index contributed by atoms with van der Waals surface area (Å²) in [7, 11) is 0. The molecule has 3 aromatic heterocycles. The summed E-state index contributed by atoms with van der Waals surface area (Å²) < 4.78 is 0. The van der Waals surface area contributed by atoms with Gasteiger partial charge in [-0.3, -0.25) is 4.79 Å². The summed E-state index contributed by atoms with van der Waals surface area (Å²) in [4.78, 5) is 26.8. The lowest BCUT2D eigenvalue weighted by molar-refractivity contribution is -0.120. The van der Waals surface area contributed by atoms with Crippen LogP contribution < -0.4 is 10.6 Å². The fraction of sp³-hybridized carbons (Fsp3) is 0.192. The Balaban J connectivity index is 1.20. The summed E-state index contributed by atoms with van der Waals surface area (Å²) in [5.41, 5.74) is 4.64. The predicted octanol–water partition coefficient (Wildman–Crippen LogP) is 5.31. The van der Waals surface area contributed by atoms with Gasteiger partial charge in [-0.15, -0.1) is 11.3 Å². The van der Waals surface area contributed by atoms with E-state index in [1.807, 2.05) is 36.5 Å². The standard InChI is InChI=1S/C26H25N5OS/c1-17-23(18-7-3-2-4-8-18)24-25(30-16-31-26(24)33-17)28-14-12-22(32)27-13-11-19-15-29-21-10-6-5-9-20(19)21/h2-10,15-16,29H,11-14H2,1H3,(H,27,32)(H,28,30,31). The van der Waals surface area contributed by atoms with E-state index in [-0.39, 0.29) is 5.91 Å². The van der Waals surface area contributed by atoms with Gasteiger partial charge in [-0.2, -0.15) is 0 Å². The van der Waals surface area contributed by atoms with E-state index in [0.29, 0.717) is 19.5 Å². The van der Waals surface area contributed by atoms with Crippen LogP contribution in [-0.2, 0) is 11.2 Å². The number of carbonyl (C=O) groups excluding carboxylic acids is 1. The van der Waals surface area contributed by atoms with Gasteiger partial charge >= 0.3 is 0 Å². The number of hydrogen-bond donors (Lipinski definition) is 3. The van der Waals surface area contributed by atoms with Crippen molar-refractivity contribution in [3.63, 3.8) is 0 Å². The van der Waals surface area contributed by atoms with Crippen molar-refractivity contribution in [1.29, 1.82) is 0 Å². The molecule has 0 aliphatic heterocycles. The number of aromatic nitrogens is 3. The van der Waals surface area contributed by atoms with E-state index >= 15 is 0 Å². The first-order chi connectivity index (χ1) is 16.2. The molecule has 3 N–H and O–H groups in total. The maximum absolute atomic E-state index is 12.4. The van der Waals surface area contributed by atoms with Gasteiger partial charge < -0.3 is 15.6 Å². The Morgan fingerprint density at radius 3 is 2.73 bits per heavy atom. The molecule has 33 heavy (non-hydrogen) atoms. The normalized spacial score (nSPS) is 11.2. The van der Waals surface area contributed by atoms with Crippen molar-refractivity contribution in [3.05, 3.63) is 77.6 Å². The van der Waals surface area contributed by atoms with Crippen LogP contribution in [0.3, 0.4) is 0 Å². The molecule has 0 spiro atoms. The summed E-state index contributed by atoms with van der Waals surface area (Å²) in [6, 6.07) is 18.5. The van der Waals surface area contributed by atoms with Gasteiger partial charge in [0.1, 0.15) is 17.0 Å². The molecule has 0 saturated heterocycles. The van der Waals surface area contributed by atoms with Gasteiger partial charge in [0.05, 0.1) is 5.39 Å². The summed E-state index contributed by atoms with van der Waals surface area (Å²) in [5, 5.41) is 8.62. The number of hydrogen-bond acceptors (Lipinski definition) is 5. The zero-order chi connectivity index (χ0) is 22.6. The highest BCUT2D eigenvalue weighted by atomic mass is 32.1. The molecule has 0 unspecified atom stereocenters. The van der Waals surface area contributed by atoms with E-state index in [2.05, 4.69) is 56.8 Å². The van der Waals surface area contributed by atoms with E-state index in [1.54, 1.807) is 17.7 Å². The fourth-order valence-electron chi connectivity index (χ4n) is 4.19. The first kappa shape index (κ1) is 21.2. The molecule has 166 valence electrons. The number of nitrogens with one attached hydrogen (secondary N) is 3. The van der Waals surface area contributed by atoms with Gasteiger partial charge in [-0.25, -0.2) is 9.97 Å². The van der Waals surface area contributed by atoms with Gasteiger partial charge in [0, 0.05) is 47.1 Å². The molecule has 0 bridgehead atoms. The molecule has 3 heterocycles. The number of fused-ring (bicyclic) bond motifs is 2. The number of benzene rings is 2. The van der Waals surface area contributed by atoms with E-state index in [9.17, 15) is 4.79 Å². The van der Waals surface area contributed by atoms with Crippen molar-refractivity contribution in [3.8, 4) is 11.1 Å². The average molecular weight is 456 g/mol. The van der Waals surface area contributed by atoms with Crippen LogP contribution in [0.25, 0.3) is 32.2 Å². The molecule has 5 aromatic rings. The molecule has 0 fully saturated rings. The molecule has 6 nitrogen and oxygen atoms in total. The SMILES string of the molecule is Cc1sc2ncnc(NCCC(=O)NCCc3c[nH]c4ccccc34)c2c1-c1ccccc1. The van der Waals surface area contributed by atoms with E-state index in [0.717, 1.165) is 39.1 Å². The molecule has 0 atom stereocenters. The molecule has 0 radical (unpaired) electrons. The fourth-order valence-corrected chi connectivity index (χ4v) is 5.20. The van der Waals surface area contributed by atoms with Gasteiger partial charge in [-0.05, 0) is 30.5 Å². The summed E-state index contributed by atoms with van der Waals surface area (Å²) >= 11 is 1.67. The highest BCUT2D eigenvalue weighted by molar-refractivity contribution is 7.19. The average Bonchev–Trinajstić information content (AvgIpc) is 3.40. The van der Waals surface area contributed by atoms with E-state index < -0.39 is 0 Å². The first-order valence-electron chi connectivity index (χ1n) is 11.1. The van der Waals surface area contributed by atoms with Crippen molar-refractivity contribution >= 4 is 44.2 Å². The third kappa shape index (κ3) is 4.45. The largest absolute Gasteiger partial charge is 0.369 e. The molecule has 0 aliphatic rings. The molecule has 0 saturated carbocycles. The second-order valence-corrected chi connectivity index (χ2v) is 9.14. The first-order valence-corrected chi connectivity index (χ1v) is 11.9. The van der Waals surface area contributed by atoms with Crippen molar-refractivity contribution in [2.75, 3.05) is 18.4 Å². The van der Waals surface area contributed by atoms with Crippen LogP contribution >= 0.6 is 11.3 Å². The molecule has 7 heteroatoms. The molecule has 1 amide bonds. The number of aromatic amines is 1. The Labute approximate surface area is 196 Å². The summed E-state index contributed by atoms with van der Waals surface area (Å²) in [6.07, 6.45) is 4.77. The number of amides is 1. The van der Waals surface area contributed by atoms with Crippen molar-refractivity contribution in [2.45, 2.75) is 19.8 Å². The monoisotopic (exact) mass is 455 g/mol. The van der Waals surface area contributed by atoms with E-state index in [1.165, 1.54) is 15.8 Å². The zero-order valence-electron chi connectivity index (χ0n) is 18.4. The number of nitrogens with zero attached hydrogens (tertiary/aromatic N) is 2. The van der Waals surface area contributed by atoms with Crippen LogP contribution in [0, 0.1) is 6.92 Å². The Morgan fingerprint density at radius 1 is 1.03 bits per heavy atom. The van der Waals surface area contributed by atoms with Crippen LogP contribution in [0.2, 0.25) is 0 Å². The quantitative estimate of drug-likeness (QED) is 0.296. The minimum absolute atomic E-state index is 0.0254. The Bertz CT molecular complexity index is 1410. The minimum atomic E-state index is 0.0254. The van der Waals surface area contributed by atoms with Gasteiger partial charge in [0.25, 0.3) is 0 Å². The Hall–Kier alpha value is -3.71. The van der Waals surface area contributed by atoms with Gasteiger partial charge in [0.15, 0.2) is 0 Å². The summed E-state index contributed by atoms with van der Waals surface area (Å²) in [6.45, 7) is 3.23. The lowest BCUT2D eigenvalue weighted by Crippen LogP contribution is -2.27. The van der Waals surface area contributed by atoms with Crippen LogP contribution in [0.15, 0.2) is 67.1 Å². The topological polar surface area (TPSA) is 82.7 Å². The second kappa shape index (κ2) is 9.42. The number of anilines is 1. The molecular weight excluding hydrogens is 430 g/mol. The smallest absolute Gasteiger partial charge is 0.221 e. The summed E-state index contributed by atoms with van der Waals surface area (Å²) in [5.74, 6) is 0.798. The zero-order valence-corrected chi connectivity index (χ0v) is 19.2. The van der Waals surface area contributed by atoms with Gasteiger partial charge in [-0.1, -0.05) is 48.5 Å². The van der Waals surface area contributed by atoms with Crippen LogP contribution in [0.1, 0.15) is 16.9 Å². The molecule has 2 aromatic carbocycles. The van der Waals surface area contributed by atoms with Crippen molar-refractivity contribution in [1.82, 2.24) is 20.3 Å². The Kier molecular flexibility index (Phi) is 6.04. The maximum Gasteiger partial charge on any atom is 0.221 e. The van der Waals surface area contributed by atoms with Gasteiger partial charge in [0.2, 0.25) is 5.91 Å². The Morgan fingerprint density at radius 2 is 1.85 bits per heavy atom. The molecule has 5 rings (SSSR count). The number of carbonyl (C=O) groups is 1. The highest BCUT2D eigenvalue weighted by Crippen LogP contribution is 2.40. The third-order valence-corrected chi connectivity index (χ3v) is 6.78. The second-order valence-electron chi connectivity index (χ2n) is 7.94. The maximum atomic E-state index is 12.4. The third-order valence-electron chi connectivity index (χ3n) is 5.76. The lowest BCUT2D eigenvalue weighted by atomic mass is 10.0. The van der Waals surface area contributed by atoms with Crippen LogP contribution in [-0.4, -0.2) is 33.9 Å². The number of thiophene rings is 1. The van der Waals surface area contributed by atoms with Crippen LogP contribution in [0.5, 0.6) is 0 Å². The molecule has 0 aliphatic carbocycles. The minimum Gasteiger partial charge on any atom is -0.369 e. The van der Waals surface area contributed by atoms with E-state index in [4.69, 9.17) is 0 Å². The number of rotatable bonds is 8. The highest BCUT2D eigenvalue weighted by Gasteiger charge is 2.16. The van der Waals surface area contributed by atoms with Crippen molar-refractivity contribution < 1.29 is 4.79 Å². The predicted molar refractivity (Wildman–Crippen MR) is 136 cm³/mol. The lowest BCUT2D eigenvalue weighted by Gasteiger charge is -2.09. The van der Waals surface area contributed by atoms with Crippen LogP contribution in [0.4, 0.5) is 5.82 Å². The number of para-hydroxylation sites is 1. The number of H-pyrrole nitrogens is 1. The number of aryl methyl sites for hydroxylation is 1. The van der Waals surface area contributed by atoms with Crippen molar-refractivity contribution in [2.24, 2.45) is 0 Å².